The minimum absolute atomic E-state index is 0.0137. The van der Waals surface area contributed by atoms with E-state index in [1.54, 1.807) is 26.8 Å². The lowest BCUT2D eigenvalue weighted by atomic mass is 10.1. The molecule has 0 aliphatic carbocycles. The Morgan fingerprint density at radius 2 is 1.87 bits per heavy atom. The number of hydrogen-bond acceptors (Lipinski definition) is 7. The lowest BCUT2D eigenvalue weighted by Crippen LogP contribution is -2.11. The summed E-state index contributed by atoms with van der Waals surface area (Å²) in [5.41, 5.74) is 0.154. The Kier molecular flexibility index (Phi) is 6.47. The number of hydrogen-bond donors (Lipinski definition) is 1. The predicted molar refractivity (Wildman–Crippen MR) is 108 cm³/mol. The van der Waals surface area contributed by atoms with Gasteiger partial charge in [0.2, 0.25) is 5.82 Å². The normalized spacial score (nSPS) is 10.8. The second kappa shape index (κ2) is 9.07. The molecular weight excluding hydrogens is 415 g/mol. The van der Waals surface area contributed by atoms with Crippen LogP contribution in [-0.2, 0) is 4.74 Å². The average Bonchev–Trinajstić information content (AvgIpc) is 2.73. The highest BCUT2D eigenvalue weighted by Crippen LogP contribution is 2.36. The van der Waals surface area contributed by atoms with Gasteiger partial charge in [0.05, 0.1) is 37.4 Å². The van der Waals surface area contributed by atoms with Crippen LogP contribution in [0.15, 0.2) is 18.3 Å². The highest BCUT2D eigenvalue weighted by atomic mass is 19.2. The quantitative estimate of drug-likeness (QED) is 0.426. The first-order valence-corrected chi connectivity index (χ1v) is 9.41. The molecule has 1 aromatic carbocycles. The Morgan fingerprint density at radius 3 is 2.52 bits per heavy atom. The van der Waals surface area contributed by atoms with Gasteiger partial charge in [0.25, 0.3) is 0 Å². The number of halogens is 3. The van der Waals surface area contributed by atoms with E-state index in [-0.39, 0.29) is 28.9 Å². The van der Waals surface area contributed by atoms with Crippen molar-refractivity contribution in [2.24, 2.45) is 0 Å². The van der Waals surface area contributed by atoms with E-state index in [4.69, 9.17) is 9.47 Å². The van der Waals surface area contributed by atoms with Crippen LogP contribution in [0.5, 0.6) is 11.5 Å². The van der Waals surface area contributed by atoms with Gasteiger partial charge in [-0.15, -0.1) is 0 Å². The van der Waals surface area contributed by atoms with Crippen LogP contribution in [0.3, 0.4) is 0 Å². The summed E-state index contributed by atoms with van der Waals surface area (Å²) < 4.78 is 58.2. The van der Waals surface area contributed by atoms with E-state index >= 15 is 0 Å². The van der Waals surface area contributed by atoms with Gasteiger partial charge in [-0.25, -0.2) is 23.5 Å². The van der Waals surface area contributed by atoms with Crippen LogP contribution in [0.2, 0.25) is 0 Å². The summed E-state index contributed by atoms with van der Waals surface area (Å²) in [6.07, 6.45) is 1.20. The molecular formula is C21H20F3N3O4. The molecule has 3 aromatic rings. The second-order valence-corrected chi connectivity index (χ2v) is 6.34. The predicted octanol–water partition coefficient (Wildman–Crippen LogP) is 4.68. The van der Waals surface area contributed by atoms with Gasteiger partial charge in [0.15, 0.2) is 23.0 Å². The molecule has 0 bridgehead atoms. The van der Waals surface area contributed by atoms with Gasteiger partial charge < -0.3 is 19.5 Å². The Morgan fingerprint density at radius 1 is 1.13 bits per heavy atom. The number of benzene rings is 1. The molecule has 3 rings (SSSR count). The van der Waals surface area contributed by atoms with Crippen molar-refractivity contribution in [1.29, 1.82) is 0 Å². The van der Waals surface area contributed by atoms with Crippen molar-refractivity contribution in [2.75, 3.05) is 25.6 Å². The zero-order valence-corrected chi connectivity index (χ0v) is 17.3. The maximum atomic E-state index is 14.6. The van der Waals surface area contributed by atoms with Crippen molar-refractivity contribution in [3.63, 3.8) is 0 Å². The van der Waals surface area contributed by atoms with Gasteiger partial charge in [-0.2, -0.15) is 4.39 Å². The van der Waals surface area contributed by atoms with E-state index in [0.717, 1.165) is 13.2 Å². The molecule has 31 heavy (non-hydrogen) atoms. The van der Waals surface area contributed by atoms with Gasteiger partial charge in [-0.3, -0.25) is 0 Å². The lowest BCUT2D eigenvalue weighted by Gasteiger charge is -2.17. The fraction of sp³-hybridized carbons (Fsp3) is 0.286. The summed E-state index contributed by atoms with van der Waals surface area (Å²) in [6.45, 7) is 5.55. The highest BCUT2D eigenvalue weighted by molar-refractivity contribution is 6.05. The number of carbonyl (C=O) groups is 1. The number of fused-ring (bicyclic) bond motifs is 1. The Labute approximate surface area is 176 Å². The fourth-order valence-electron chi connectivity index (χ4n) is 2.98. The third kappa shape index (κ3) is 4.18. The number of anilines is 2. The van der Waals surface area contributed by atoms with Gasteiger partial charge in [-0.05, 0) is 26.8 Å². The number of rotatable bonds is 7. The first-order valence-electron chi connectivity index (χ1n) is 9.41. The lowest BCUT2D eigenvalue weighted by molar-refractivity contribution is 0.0527. The number of nitrogens with one attached hydrogen (secondary N) is 1. The topological polar surface area (TPSA) is 82.6 Å². The molecule has 0 saturated heterocycles. The molecule has 2 aromatic heterocycles. The molecule has 7 nitrogen and oxygen atoms in total. The van der Waals surface area contributed by atoms with Gasteiger partial charge >= 0.3 is 5.97 Å². The summed E-state index contributed by atoms with van der Waals surface area (Å²) in [6, 6.07) is 2.29. The molecule has 0 unspecified atom stereocenters. The van der Waals surface area contributed by atoms with E-state index in [0.29, 0.717) is 18.1 Å². The van der Waals surface area contributed by atoms with Crippen LogP contribution in [0.1, 0.15) is 29.9 Å². The summed E-state index contributed by atoms with van der Waals surface area (Å²) >= 11 is 0. The second-order valence-electron chi connectivity index (χ2n) is 6.34. The third-order valence-corrected chi connectivity index (χ3v) is 4.38. The number of nitrogens with zero attached hydrogens (tertiary/aromatic N) is 2. The first-order chi connectivity index (χ1) is 14.8. The highest BCUT2D eigenvalue weighted by Gasteiger charge is 2.24. The van der Waals surface area contributed by atoms with Gasteiger partial charge in [0, 0.05) is 17.6 Å². The fourth-order valence-corrected chi connectivity index (χ4v) is 2.98. The summed E-state index contributed by atoms with van der Waals surface area (Å²) in [7, 11) is 1.02. The van der Waals surface area contributed by atoms with Crippen molar-refractivity contribution in [2.45, 2.75) is 20.8 Å². The molecule has 0 fully saturated rings. The third-order valence-electron chi connectivity index (χ3n) is 4.38. The molecule has 0 radical (unpaired) electrons. The van der Waals surface area contributed by atoms with Crippen molar-refractivity contribution >= 4 is 28.4 Å². The molecule has 0 atom stereocenters. The zero-order valence-electron chi connectivity index (χ0n) is 17.3. The van der Waals surface area contributed by atoms with Gasteiger partial charge in [0.1, 0.15) is 11.3 Å². The Balaban J connectivity index is 2.26. The van der Waals surface area contributed by atoms with Crippen LogP contribution in [0, 0.1) is 24.4 Å². The molecule has 2 heterocycles. The van der Waals surface area contributed by atoms with E-state index in [2.05, 4.69) is 20.0 Å². The van der Waals surface area contributed by atoms with Crippen molar-refractivity contribution < 1.29 is 32.2 Å². The molecule has 164 valence electrons. The maximum absolute atomic E-state index is 14.6. The number of aryl methyl sites for hydroxylation is 1. The number of ether oxygens (including phenoxy) is 3. The Hall–Kier alpha value is -3.56. The largest absolute Gasteiger partial charge is 0.492 e. The number of aromatic nitrogens is 2. The summed E-state index contributed by atoms with van der Waals surface area (Å²) in [5, 5.41) is 2.87. The standard InChI is InChI=1S/C21H20F3N3O4/c1-5-30-15-7-11-18(27-14-8-13(22)19(29-4)17(24)16(14)23)12(21(28)31-6-2)9-25-20(11)26-10(15)3/h7-9H,5-6H2,1-4H3,(H,25,26,27). The van der Waals surface area contributed by atoms with E-state index in [9.17, 15) is 18.0 Å². The van der Waals surface area contributed by atoms with E-state index in [1.165, 1.54) is 6.20 Å². The van der Waals surface area contributed by atoms with Crippen LogP contribution < -0.4 is 14.8 Å². The van der Waals surface area contributed by atoms with Crippen LogP contribution in [0.4, 0.5) is 24.5 Å². The maximum Gasteiger partial charge on any atom is 0.341 e. The van der Waals surface area contributed by atoms with Gasteiger partial charge in [-0.1, -0.05) is 0 Å². The number of pyridine rings is 2. The summed E-state index contributed by atoms with van der Waals surface area (Å²) in [5.74, 6) is -5.22. The van der Waals surface area contributed by atoms with Crippen molar-refractivity contribution in [1.82, 2.24) is 9.97 Å². The number of carbonyl (C=O) groups excluding carboxylic acids is 1. The van der Waals surface area contributed by atoms with Crippen LogP contribution in [-0.4, -0.2) is 36.3 Å². The molecule has 0 saturated carbocycles. The van der Waals surface area contributed by atoms with Crippen molar-refractivity contribution in [3.8, 4) is 11.5 Å². The van der Waals surface area contributed by atoms with E-state index in [1.807, 2.05) is 0 Å². The number of methoxy groups -OCH3 is 1. The summed E-state index contributed by atoms with van der Waals surface area (Å²) in [4.78, 5) is 21.0. The molecule has 0 spiro atoms. The first kappa shape index (κ1) is 22.1. The van der Waals surface area contributed by atoms with Crippen LogP contribution >= 0.6 is 0 Å². The molecule has 10 heteroatoms. The zero-order chi connectivity index (χ0) is 22.7. The smallest absolute Gasteiger partial charge is 0.341 e. The van der Waals surface area contributed by atoms with Crippen molar-refractivity contribution in [3.05, 3.63) is 47.0 Å². The number of esters is 1. The molecule has 1 N–H and O–H groups in total. The molecule has 0 aliphatic heterocycles. The minimum Gasteiger partial charge on any atom is -0.492 e. The average molecular weight is 435 g/mol. The molecule has 0 amide bonds. The van der Waals surface area contributed by atoms with Crippen LogP contribution in [0.25, 0.3) is 11.0 Å². The van der Waals surface area contributed by atoms with E-state index < -0.39 is 34.9 Å². The Bertz CT molecular complexity index is 1150. The SMILES string of the molecule is CCOC(=O)c1cnc2nc(C)c(OCC)cc2c1Nc1cc(F)c(OC)c(F)c1F. The molecule has 0 aliphatic rings. The minimum atomic E-state index is -1.51. The monoisotopic (exact) mass is 435 g/mol.